The summed E-state index contributed by atoms with van der Waals surface area (Å²) >= 11 is 0. The Morgan fingerprint density at radius 1 is 1.33 bits per heavy atom. The molecule has 2 aromatic rings. The standard InChI is InChI=1S/C12H16N4O2/c17-12-14-10-2-1-3-13-11(10)16(12)5-4-15-6-8-18-9-7-15/h1-3H,4-9H2,(H,14,17). The Kier molecular flexibility index (Phi) is 3.12. The van der Waals surface area contributed by atoms with E-state index in [0.717, 1.165) is 44.0 Å². The summed E-state index contributed by atoms with van der Waals surface area (Å²) in [4.78, 5) is 21.2. The van der Waals surface area contributed by atoms with E-state index >= 15 is 0 Å². The molecule has 0 spiro atoms. The summed E-state index contributed by atoms with van der Waals surface area (Å²) in [5.41, 5.74) is 1.44. The molecule has 0 radical (unpaired) electrons. The second-order valence-electron chi connectivity index (χ2n) is 4.41. The summed E-state index contributed by atoms with van der Waals surface area (Å²) in [6, 6.07) is 3.69. The highest BCUT2D eigenvalue weighted by molar-refractivity contribution is 5.69. The molecule has 0 aliphatic carbocycles. The molecule has 0 unspecified atom stereocenters. The minimum Gasteiger partial charge on any atom is -0.379 e. The van der Waals surface area contributed by atoms with Gasteiger partial charge in [0.05, 0.1) is 18.7 Å². The number of pyridine rings is 1. The van der Waals surface area contributed by atoms with Crippen LogP contribution in [0.1, 0.15) is 0 Å². The molecule has 96 valence electrons. The van der Waals surface area contributed by atoms with E-state index in [-0.39, 0.29) is 5.69 Å². The SMILES string of the molecule is O=c1[nH]c2cccnc2n1CCN1CCOCC1. The highest BCUT2D eigenvalue weighted by Crippen LogP contribution is 2.05. The molecular weight excluding hydrogens is 232 g/mol. The highest BCUT2D eigenvalue weighted by Gasteiger charge is 2.12. The van der Waals surface area contributed by atoms with Crippen molar-refractivity contribution in [1.29, 1.82) is 0 Å². The zero-order valence-corrected chi connectivity index (χ0v) is 10.1. The topological polar surface area (TPSA) is 63.2 Å². The monoisotopic (exact) mass is 248 g/mol. The summed E-state index contributed by atoms with van der Waals surface area (Å²) in [7, 11) is 0. The largest absolute Gasteiger partial charge is 0.379 e. The molecule has 3 rings (SSSR count). The van der Waals surface area contributed by atoms with Crippen molar-refractivity contribution < 1.29 is 4.74 Å². The number of ether oxygens (including phenoxy) is 1. The van der Waals surface area contributed by atoms with E-state index in [1.165, 1.54) is 0 Å². The van der Waals surface area contributed by atoms with E-state index in [2.05, 4.69) is 14.9 Å². The number of H-pyrrole nitrogens is 1. The quantitative estimate of drug-likeness (QED) is 0.834. The second kappa shape index (κ2) is 4.91. The molecule has 18 heavy (non-hydrogen) atoms. The van der Waals surface area contributed by atoms with Gasteiger partial charge in [0.2, 0.25) is 0 Å². The Morgan fingerprint density at radius 3 is 3.00 bits per heavy atom. The Bertz CT molecular complexity index is 583. The van der Waals surface area contributed by atoms with Crippen molar-refractivity contribution in [2.24, 2.45) is 0 Å². The van der Waals surface area contributed by atoms with Gasteiger partial charge in [-0.15, -0.1) is 0 Å². The number of imidazole rings is 1. The van der Waals surface area contributed by atoms with Gasteiger partial charge < -0.3 is 9.72 Å². The molecule has 6 nitrogen and oxygen atoms in total. The summed E-state index contributed by atoms with van der Waals surface area (Å²) in [5.74, 6) is 0. The van der Waals surface area contributed by atoms with E-state index in [1.807, 2.05) is 12.1 Å². The molecule has 0 saturated carbocycles. The van der Waals surface area contributed by atoms with Gasteiger partial charge >= 0.3 is 5.69 Å². The number of nitrogens with one attached hydrogen (secondary N) is 1. The van der Waals surface area contributed by atoms with Gasteiger partial charge in [-0.05, 0) is 12.1 Å². The van der Waals surface area contributed by atoms with E-state index in [0.29, 0.717) is 6.54 Å². The summed E-state index contributed by atoms with van der Waals surface area (Å²) in [6.45, 7) is 4.94. The van der Waals surface area contributed by atoms with Gasteiger partial charge in [-0.3, -0.25) is 9.47 Å². The van der Waals surface area contributed by atoms with Crippen molar-refractivity contribution in [1.82, 2.24) is 19.4 Å². The van der Waals surface area contributed by atoms with Gasteiger partial charge in [0.15, 0.2) is 5.65 Å². The van der Waals surface area contributed by atoms with Crippen LogP contribution in [0.5, 0.6) is 0 Å². The zero-order chi connectivity index (χ0) is 12.4. The van der Waals surface area contributed by atoms with Crippen LogP contribution in [0, 0.1) is 0 Å². The number of aromatic nitrogens is 3. The van der Waals surface area contributed by atoms with Crippen LogP contribution in [-0.2, 0) is 11.3 Å². The molecule has 6 heteroatoms. The van der Waals surface area contributed by atoms with Gasteiger partial charge in [0, 0.05) is 32.4 Å². The third-order valence-electron chi connectivity index (χ3n) is 3.27. The fraction of sp³-hybridized carbons (Fsp3) is 0.500. The van der Waals surface area contributed by atoms with Crippen LogP contribution < -0.4 is 5.69 Å². The smallest absolute Gasteiger partial charge is 0.327 e. The summed E-state index contributed by atoms with van der Waals surface area (Å²) in [5, 5.41) is 0. The number of fused-ring (bicyclic) bond motifs is 1. The van der Waals surface area contributed by atoms with Crippen LogP contribution in [0.3, 0.4) is 0 Å². The number of morpholine rings is 1. The van der Waals surface area contributed by atoms with Crippen molar-refractivity contribution in [2.75, 3.05) is 32.8 Å². The van der Waals surface area contributed by atoms with Crippen LogP contribution in [0.2, 0.25) is 0 Å². The molecule has 0 atom stereocenters. The molecule has 1 aliphatic rings. The first-order chi connectivity index (χ1) is 8.84. The first-order valence-corrected chi connectivity index (χ1v) is 6.18. The van der Waals surface area contributed by atoms with Crippen LogP contribution in [0.15, 0.2) is 23.1 Å². The fourth-order valence-corrected chi connectivity index (χ4v) is 2.26. The molecule has 1 fully saturated rings. The number of hydrogen-bond donors (Lipinski definition) is 1. The van der Waals surface area contributed by atoms with Crippen LogP contribution >= 0.6 is 0 Å². The van der Waals surface area contributed by atoms with Crippen LogP contribution in [0.25, 0.3) is 11.2 Å². The lowest BCUT2D eigenvalue weighted by molar-refractivity contribution is 0.0364. The fourth-order valence-electron chi connectivity index (χ4n) is 2.26. The number of aromatic amines is 1. The molecular formula is C12H16N4O2. The molecule has 1 saturated heterocycles. The second-order valence-corrected chi connectivity index (χ2v) is 4.41. The first-order valence-electron chi connectivity index (χ1n) is 6.18. The van der Waals surface area contributed by atoms with Crippen molar-refractivity contribution in [3.8, 4) is 0 Å². The molecule has 0 aromatic carbocycles. The Labute approximate surface area is 104 Å². The minimum absolute atomic E-state index is 0.0861. The molecule has 0 bridgehead atoms. The van der Waals surface area contributed by atoms with Crippen molar-refractivity contribution in [3.05, 3.63) is 28.8 Å². The lowest BCUT2D eigenvalue weighted by Crippen LogP contribution is -2.39. The maximum atomic E-state index is 11.8. The first kappa shape index (κ1) is 11.4. The third-order valence-corrected chi connectivity index (χ3v) is 3.27. The Balaban J connectivity index is 1.77. The normalized spacial score (nSPS) is 17.3. The number of nitrogens with zero attached hydrogens (tertiary/aromatic N) is 3. The lowest BCUT2D eigenvalue weighted by atomic mass is 10.4. The average Bonchev–Trinajstić information content (AvgIpc) is 2.73. The zero-order valence-electron chi connectivity index (χ0n) is 10.1. The summed E-state index contributed by atoms with van der Waals surface area (Å²) < 4.78 is 7.00. The molecule has 1 N–H and O–H groups in total. The maximum absolute atomic E-state index is 11.8. The van der Waals surface area contributed by atoms with Gasteiger partial charge in [-0.25, -0.2) is 9.78 Å². The van der Waals surface area contributed by atoms with E-state index in [4.69, 9.17) is 4.74 Å². The van der Waals surface area contributed by atoms with Crippen LogP contribution in [0.4, 0.5) is 0 Å². The number of rotatable bonds is 3. The van der Waals surface area contributed by atoms with Crippen LogP contribution in [-0.4, -0.2) is 52.3 Å². The summed E-state index contributed by atoms with van der Waals surface area (Å²) in [6.07, 6.45) is 1.71. The van der Waals surface area contributed by atoms with Gasteiger partial charge in [-0.2, -0.15) is 0 Å². The third kappa shape index (κ3) is 2.16. The number of hydrogen-bond acceptors (Lipinski definition) is 4. The lowest BCUT2D eigenvalue weighted by Gasteiger charge is -2.26. The maximum Gasteiger partial charge on any atom is 0.327 e. The predicted octanol–water partition coefficient (Wildman–Crippen LogP) is 0.0568. The predicted molar refractivity (Wildman–Crippen MR) is 67.6 cm³/mol. The van der Waals surface area contributed by atoms with Gasteiger partial charge in [0.25, 0.3) is 0 Å². The van der Waals surface area contributed by atoms with E-state index in [9.17, 15) is 4.79 Å². The Morgan fingerprint density at radius 2 is 2.17 bits per heavy atom. The van der Waals surface area contributed by atoms with E-state index < -0.39 is 0 Å². The highest BCUT2D eigenvalue weighted by atomic mass is 16.5. The van der Waals surface area contributed by atoms with Gasteiger partial charge in [-0.1, -0.05) is 0 Å². The molecule has 2 aromatic heterocycles. The van der Waals surface area contributed by atoms with Crippen molar-refractivity contribution >= 4 is 11.2 Å². The van der Waals surface area contributed by atoms with Crippen molar-refractivity contribution in [2.45, 2.75) is 6.54 Å². The Hall–Kier alpha value is -1.66. The minimum atomic E-state index is -0.0861. The van der Waals surface area contributed by atoms with Crippen molar-refractivity contribution in [3.63, 3.8) is 0 Å². The van der Waals surface area contributed by atoms with E-state index in [1.54, 1.807) is 10.8 Å². The van der Waals surface area contributed by atoms with Gasteiger partial charge in [0.1, 0.15) is 0 Å². The molecule has 0 amide bonds. The average molecular weight is 248 g/mol. The molecule has 3 heterocycles. The molecule has 1 aliphatic heterocycles.